The maximum Gasteiger partial charge on any atom is 0.336 e. The zero-order valence-corrected chi connectivity index (χ0v) is 10.7. The smallest absolute Gasteiger partial charge is 0.336 e. The molecule has 1 atom stereocenters. The molecule has 0 aromatic carbocycles. The number of carbonyl (C=O) groups is 1. The van der Waals surface area contributed by atoms with Crippen LogP contribution in [0.25, 0.3) is 0 Å². The van der Waals surface area contributed by atoms with E-state index in [9.17, 15) is 13.2 Å². The highest BCUT2D eigenvalue weighted by molar-refractivity contribution is 7.91. The summed E-state index contributed by atoms with van der Waals surface area (Å²) in [7, 11) is -3.75. The summed E-state index contributed by atoms with van der Waals surface area (Å²) in [4.78, 5) is 10.6. The molecule has 1 rings (SSSR count). The molecule has 0 amide bonds. The minimum Gasteiger partial charge on any atom is -0.478 e. The largest absolute Gasteiger partial charge is 0.478 e. The van der Waals surface area contributed by atoms with Crippen molar-refractivity contribution in [3.63, 3.8) is 0 Å². The van der Waals surface area contributed by atoms with E-state index < -0.39 is 22.0 Å². The van der Waals surface area contributed by atoms with E-state index in [-0.39, 0.29) is 16.4 Å². The topological polar surface area (TPSA) is 104 Å². The molecular weight excluding hydrogens is 266 g/mol. The van der Waals surface area contributed by atoms with Crippen molar-refractivity contribution in [3.05, 3.63) is 17.0 Å². The summed E-state index contributed by atoms with van der Waals surface area (Å²) in [6, 6.07) is 0.537. The monoisotopic (exact) mass is 279 g/mol. The van der Waals surface area contributed by atoms with Crippen LogP contribution in [0.2, 0.25) is 0 Å². The lowest BCUT2D eigenvalue weighted by Gasteiger charge is -2.12. The molecule has 1 heterocycles. The molecule has 1 aromatic rings. The number of carboxylic acid groups (broad SMARTS) is 1. The normalized spacial score (nSPS) is 13.5. The number of hydrogen-bond donors (Lipinski definition) is 3. The minimum absolute atomic E-state index is 0.0626. The molecule has 0 unspecified atom stereocenters. The van der Waals surface area contributed by atoms with Gasteiger partial charge in [-0.1, -0.05) is 6.92 Å². The first-order valence-corrected chi connectivity index (χ1v) is 7.22. The zero-order chi connectivity index (χ0) is 13.1. The van der Waals surface area contributed by atoms with Gasteiger partial charge in [0.1, 0.15) is 4.21 Å². The molecule has 0 saturated heterocycles. The van der Waals surface area contributed by atoms with Gasteiger partial charge in [-0.15, -0.1) is 11.3 Å². The predicted molar refractivity (Wildman–Crippen MR) is 62.8 cm³/mol. The summed E-state index contributed by atoms with van der Waals surface area (Å²) in [5, 5.41) is 18.9. The molecule has 8 heteroatoms. The van der Waals surface area contributed by atoms with E-state index in [2.05, 4.69) is 4.72 Å². The number of nitrogens with one attached hydrogen (secondary N) is 1. The number of aliphatic hydroxyl groups excluding tert-OH is 1. The van der Waals surface area contributed by atoms with E-state index in [1.807, 2.05) is 0 Å². The van der Waals surface area contributed by atoms with Crippen LogP contribution in [0.15, 0.2) is 15.7 Å². The number of rotatable bonds is 6. The molecule has 3 N–H and O–H groups in total. The lowest BCUT2D eigenvalue weighted by Crippen LogP contribution is -2.36. The standard InChI is InChI=1S/C9H13NO5S2/c1-2-7(4-11)10-17(14,15)8-3-6(5-16-8)9(12)13/h3,5,7,10-11H,2,4H2,1H3,(H,12,13)/t7-/m1/s1. The summed E-state index contributed by atoms with van der Waals surface area (Å²) in [6.45, 7) is 1.44. The minimum atomic E-state index is -3.75. The summed E-state index contributed by atoms with van der Waals surface area (Å²) in [5.41, 5.74) is -0.0626. The third kappa shape index (κ3) is 3.50. The van der Waals surface area contributed by atoms with E-state index >= 15 is 0 Å². The van der Waals surface area contributed by atoms with Crippen LogP contribution in [0.4, 0.5) is 0 Å². The first-order valence-electron chi connectivity index (χ1n) is 4.85. The van der Waals surface area contributed by atoms with Crippen LogP contribution >= 0.6 is 11.3 Å². The molecule has 0 radical (unpaired) electrons. The van der Waals surface area contributed by atoms with Crippen molar-refractivity contribution in [2.45, 2.75) is 23.6 Å². The second-order valence-corrected chi connectivity index (χ2v) is 6.22. The van der Waals surface area contributed by atoms with Crippen LogP contribution < -0.4 is 4.72 Å². The Kier molecular flexibility index (Phi) is 4.63. The van der Waals surface area contributed by atoms with Gasteiger partial charge in [0.25, 0.3) is 0 Å². The van der Waals surface area contributed by atoms with Gasteiger partial charge in [0, 0.05) is 11.4 Å². The zero-order valence-electron chi connectivity index (χ0n) is 9.08. The number of thiophene rings is 1. The third-order valence-electron chi connectivity index (χ3n) is 2.12. The highest BCUT2D eigenvalue weighted by atomic mass is 32.2. The van der Waals surface area contributed by atoms with E-state index in [1.54, 1.807) is 6.92 Å². The van der Waals surface area contributed by atoms with E-state index in [4.69, 9.17) is 10.2 Å². The van der Waals surface area contributed by atoms with Crippen molar-refractivity contribution in [3.8, 4) is 0 Å². The molecule has 96 valence electrons. The Hall–Kier alpha value is -0.960. The molecule has 0 saturated carbocycles. The Morgan fingerprint density at radius 3 is 2.65 bits per heavy atom. The molecule has 0 bridgehead atoms. The van der Waals surface area contributed by atoms with Crippen LogP contribution in [-0.4, -0.2) is 37.2 Å². The molecule has 0 spiro atoms. The Morgan fingerprint density at radius 1 is 1.59 bits per heavy atom. The van der Waals surface area contributed by atoms with Gasteiger partial charge in [-0.2, -0.15) is 0 Å². The molecule has 0 aliphatic rings. The van der Waals surface area contributed by atoms with E-state index in [0.717, 1.165) is 17.4 Å². The van der Waals surface area contributed by atoms with Crippen molar-refractivity contribution in [2.24, 2.45) is 0 Å². The van der Waals surface area contributed by atoms with Crippen LogP contribution in [0, 0.1) is 0 Å². The van der Waals surface area contributed by atoms with Crippen molar-refractivity contribution < 1.29 is 23.4 Å². The highest BCUT2D eigenvalue weighted by Crippen LogP contribution is 2.20. The lowest BCUT2D eigenvalue weighted by molar-refractivity contribution is 0.0697. The van der Waals surface area contributed by atoms with Gasteiger partial charge in [-0.3, -0.25) is 0 Å². The van der Waals surface area contributed by atoms with Crippen molar-refractivity contribution in [2.75, 3.05) is 6.61 Å². The van der Waals surface area contributed by atoms with Gasteiger partial charge in [-0.25, -0.2) is 17.9 Å². The quantitative estimate of drug-likeness (QED) is 0.703. The average Bonchev–Trinajstić information content (AvgIpc) is 2.75. The van der Waals surface area contributed by atoms with Gasteiger partial charge in [0.05, 0.1) is 12.2 Å². The second-order valence-electron chi connectivity index (χ2n) is 3.37. The van der Waals surface area contributed by atoms with Gasteiger partial charge in [0.15, 0.2) is 0 Å². The maximum absolute atomic E-state index is 11.8. The summed E-state index contributed by atoms with van der Waals surface area (Å²) in [6.07, 6.45) is 0.451. The highest BCUT2D eigenvalue weighted by Gasteiger charge is 2.21. The predicted octanol–water partition coefficient (Wildman–Crippen LogP) is 0.496. The Bertz CT molecular complexity index is 489. The number of aliphatic hydroxyl groups is 1. The third-order valence-corrected chi connectivity index (χ3v) is 5.08. The summed E-state index contributed by atoms with van der Waals surface area (Å²) >= 11 is 0.835. The molecular formula is C9H13NO5S2. The van der Waals surface area contributed by atoms with E-state index in [0.29, 0.717) is 6.42 Å². The Balaban J connectivity index is 2.93. The number of hydrogen-bond acceptors (Lipinski definition) is 5. The van der Waals surface area contributed by atoms with Crippen molar-refractivity contribution in [1.29, 1.82) is 0 Å². The fourth-order valence-corrected chi connectivity index (χ4v) is 3.58. The number of aromatic carboxylic acids is 1. The Morgan fingerprint density at radius 2 is 2.24 bits per heavy atom. The van der Waals surface area contributed by atoms with Crippen molar-refractivity contribution in [1.82, 2.24) is 4.72 Å². The summed E-state index contributed by atoms with van der Waals surface area (Å²) < 4.78 is 25.8. The van der Waals surface area contributed by atoms with E-state index in [1.165, 1.54) is 5.38 Å². The first-order chi connectivity index (χ1) is 7.90. The van der Waals surface area contributed by atoms with Crippen molar-refractivity contribution >= 4 is 27.3 Å². The van der Waals surface area contributed by atoms with Gasteiger partial charge in [-0.05, 0) is 12.5 Å². The van der Waals surface area contributed by atoms with Gasteiger partial charge < -0.3 is 10.2 Å². The van der Waals surface area contributed by atoms with Crippen LogP contribution in [0.1, 0.15) is 23.7 Å². The fourth-order valence-electron chi connectivity index (χ4n) is 1.10. The van der Waals surface area contributed by atoms with Crippen LogP contribution in [-0.2, 0) is 10.0 Å². The maximum atomic E-state index is 11.8. The molecule has 6 nitrogen and oxygen atoms in total. The Labute approximate surface area is 103 Å². The summed E-state index contributed by atoms with van der Waals surface area (Å²) in [5.74, 6) is -1.17. The molecule has 0 fully saturated rings. The number of sulfonamides is 1. The number of carboxylic acids is 1. The molecule has 1 aromatic heterocycles. The SMILES string of the molecule is CC[C@H](CO)NS(=O)(=O)c1cc(C(=O)O)cs1. The lowest BCUT2D eigenvalue weighted by atomic mass is 10.3. The first kappa shape index (κ1) is 14.1. The molecule has 17 heavy (non-hydrogen) atoms. The average molecular weight is 279 g/mol. The molecule has 0 aliphatic heterocycles. The van der Waals surface area contributed by atoms with Gasteiger partial charge in [0.2, 0.25) is 10.0 Å². The van der Waals surface area contributed by atoms with Crippen LogP contribution in [0.5, 0.6) is 0 Å². The fraction of sp³-hybridized carbons (Fsp3) is 0.444. The second kappa shape index (κ2) is 5.58. The van der Waals surface area contributed by atoms with Crippen LogP contribution in [0.3, 0.4) is 0 Å². The molecule has 0 aliphatic carbocycles. The van der Waals surface area contributed by atoms with Gasteiger partial charge >= 0.3 is 5.97 Å².